The van der Waals surface area contributed by atoms with Crippen LogP contribution in [-0.2, 0) is 6.54 Å². The summed E-state index contributed by atoms with van der Waals surface area (Å²) >= 11 is 12.1. The van der Waals surface area contributed by atoms with Crippen molar-refractivity contribution in [2.75, 3.05) is 0 Å². The van der Waals surface area contributed by atoms with E-state index in [-0.39, 0.29) is 6.04 Å². The van der Waals surface area contributed by atoms with E-state index in [1.807, 2.05) is 12.1 Å². The lowest BCUT2D eigenvalue weighted by Crippen LogP contribution is -2.11. The van der Waals surface area contributed by atoms with E-state index in [1.165, 1.54) is 18.4 Å². The normalized spacial score (nSPS) is 16.6. The molecule has 1 aromatic carbocycles. The number of nitrogens with two attached hydrogens (primary N) is 1. The quantitative estimate of drug-likeness (QED) is 0.898. The van der Waals surface area contributed by atoms with Gasteiger partial charge in [0.05, 0.1) is 0 Å². The van der Waals surface area contributed by atoms with Gasteiger partial charge in [-0.2, -0.15) is 0 Å². The summed E-state index contributed by atoms with van der Waals surface area (Å²) in [6.07, 6.45) is 6.70. The van der Waals surface area contributed by atoms with Crippen LogP contribution in [0.5, 0.6) is 0 Å². The van der Waals surface area contributed by atoms with Gasteiger partial charge in [-0.05, 0) is 48.1 Å². The van der Waals surface area contributed by atoms with E-state index < -0.39 is 0 Å². The van der Waals surface area contributed by atoms with Gasteiger partial charge in [0.25, 0.3) is 0 Å². The van der Waals surface area contributed by atoms with Crippen molar-refractivity contribution < 1.29 is 0 Å². The number of halogens is 2. The van der Waals surface area contributed by atoms with Crippen molar-refractivity contribution in [3.05, 3.63) is 57.8 Å². The maximum absolute atomic E-state index is 6.20. The lowest BCUT2D eigenvalue weighted by atomic mass is 10.1. The minimum atomic E-state index is 0.182. The number of rotatable bonds is 4. The molecule has 2 aromatic rings. The van der Waals surface area contributed by atoms with Gasteiger partial charge in [0.1, 0.15) is 0 Å². The smallest absolute Gasteiger partial charge is 0.0485 e. The molecular weight excluding hydrogens is 279 g/mol. The van der Waals surface area contributed by atoms with Crippen LogP contribution in [0.2, 0.25) is 10.0 Å². The monoisotopic (exact) mass is 294 g/mol. The SMILES string of the molecule is NC(c1ccn(Cc2ccc(Cl)cc2Cl)c1)C1CC1. The summed E-state index contributed by atoms with van der Waals surface area (Å²) in [4.78, 5) is 0. The van der Waals surface area contributed by atoms with Crippen LogP contribution < -0.4 is 5.73 Å². The van der Waals surface area contributed by atoms with Crippen molar-refractivity contribution in [1.29, 1.82) is 0 Å². The Labute approximate surface area is 123 Å². The maximum Gasteiger partial charge on any atom is 0.0485 e. The van der Waals surface area contributed by atoms with Crippen LogP contribution in [0.15, 0.2) is 36.7 Å². The number of benzene rings is 1. The first-order valence-electron chi connectivity index (χ1n) is 6.48. The predicted molar refractivity (Wildman–Crippen MR) is 79.6 cm³/mol. The summed E-state index contributed by atoms with van der Waals surface area (Å²) in [6.45, 7) is 0.743. The number of hydrogen-bond acceptors (Lipinski definition) is 1. The molecule has 19 heavy (non-hydrogen) atoms. The molecule has 2 N–H and O–H groups in total. The molecule has 100 valence electrons. The number of aromatic nitrogens is 1. The fraction of sp³-hybridized carbons (Fsp3) is 0.333. The first-order valence-corrected chi connectivity index (χ1v) is 7.24. The van der Waals surface area contributed by atoms with E-state index in [2.05, 4.69) is 23.0 Å². The zero-order valence-electron chi connectivity index (χ0n) is 10.5. The third-order valence-corrected chi connectivity index (χ3v) is 4.24. The molecule has 3 rings (SSSR count). The Kier molecular flexibility index (Phi) is 3.57. The molecule has 0 bridgehead atoms. The lowest BCUT2D eigenvalue weighted by molar-refractivity contribution is 0.631. The van der Waals surface area contributed by atoms with Gasteiger partial charge in [-0.25, -0.2) is 0 Å². The molecule has 1 heterocycles. The molecule has 0 spiro atoms. The average Bonchev–Trinajstić information content (AvgIpc) is 3.12. The maximum atomic E-state index is 6.20. The van der Waals surface area contributed by atoms with Crippen LogP contribution in [0, 0.1) is 5.92 Å². The number of hydrogen-bond donors (Lipinski definition) is 1. The van der Waals surface area contributed by atoms with E-state index in [9.17, 15) is 0 Å². The van der Waals surface area contributed by atoms with E-state index in [0.717, 1.165) is 12.1 Å². The topological polar surface area (TPSA) is 30.9 Å². The Hall–Kier alpha value is -0.960. The van der Waals surface area contributed by atoms with Crippen LogP contribution in [0.4, 0.5) is 0 Å². The van der Waals surface area contributed by atoms with Crippen molar-refractivity contribution in [3.63, 3.8) is 0 Å². The molecule has 0 radical (unpaired) electrons. The second-order valence-corrected chi connectivity index (χ2v) is 6.06. The molecule has 1 aliphatic carbocycles. The fourth-order valence-electron chi connectivity index (χ4n) is 2.33. The molecule has 4 heteroatoms. The molecule has 1 unspecified atom stereocenters. The highest BCUT2D eigenvalue weighted by atomic mass is 35.5. The van der Waals surface area contributed by atoms with Crippen molar-refractivity contribution in [2.45, 2.75) is 25.4 Å². The van der Waals surface area contributed by atoms with Gasteiger partial charge >= 0.3 is 0 Å². The predicted octanol–water partition coefficient (Wildman–Crippen LogP) is 4.25. The Bertz CT molecular complexity index is 588. The third kappa shape index (κ3) is 2.97. The van der Waals surface area contributed by atoms with Gasteiger partial charge < -0.3 is 10.3 Å². The minimum Gasteiger partial charge on any atom is -0.350 e. The Balaban J connectivity index is 1.76. The molecule has 1 fully saturated rings. The van der Waals surface area contributed by atoms with Crippen molar-refractivity contribution in [2.24, 2.45) is 11.7 Å². The summed E-state index contributed by atoms with van der Waals surface area (Å²) in [7, 11) is 0. The highest BCUT2D eigenvalue weighted by Gasteiger charge is 2.29. The summed E-state index contributed by atoms with van der Waals surface area (Å²) in [5.74, 6) is 0.676. The Morgan fingerprint density at radius 2 is 2.05 bits per heavy atom. The van der Waals surface area contributed by atoms with Crippen LogP contribution in [0.1, 0.15) is 30.0 Å². The van der Waals surface area contributed by atoms with Crippen LogP contribution in [0.25, 0.3) is 0 Å². The zero-order chi connectivity index (χ0) is 13.4. The first-order chi connectivity index (χ1) is 9.13. The summed E-state index contributed by atoms with van der Waals surface area (Å²) in [6, 6.07) is 7.89. The molecule has 1 atom stereocenters. The van der Waals surface area contributed by atoms with E-state index in [0.29, 0.717) is 16.0 Å². The molecule has 2 nitrogen and oxygen atoms in total. The molecule has 0 aliphatic heterocycles. The van der Waals surface area contributed by atoms with Gasteiger partial charge in [0.15, 0.2) is 0 Å². The molecule has 0 amide bonds. The second kappa shape index (κ2) is 5.20. The highest BCUT2D eigenvalue weighted by Crippen LogP contribution is 2.39. The zero-order valence-corrected chi connectivity index (χ0v) is 12.0. The van der Waals surface area contributed by atoms with Gasteiger partial charge in [0, 0.05) is 35.0 Å². The Morgan fingerprint density at radius 3 is 2.74 bits per heavy atom. The van der Waals surface area contributed by atoms with E-state index in [1.54, 1.807) is 6.07 Å². The largest absolute Gasteiger partial charge is 0.350 e. The van der Waals surface area contributed by atoms with Gasteiger partial charge in [-0.1, -0.05) is 29.3 Å². The minimum absolute atomic E-state index is 0.182. The number of nitrogens with zero attached hydrogens (tertiary/aromatic N) is 1. The van der Waals surface area contributed by atoms with Crippen molar-refractivity contribution >= 4 is 23.2 Å². The fourth-order valence-corrected chi connectivity index (χ4v) is 2.80. The molecule has 1 saturated carbocycles. The second-order valence-electron chi connectivity index (χ2n) is 5.22. The summed E-state index contributed by atoms with van der Waals surface area (Å²) in [5, 5.41) is 1.37. The highest BCUT2D eigenvalue weighted by molar-refractivity contribution is 6.35. The third-order valence-electron chi connectivity index (χ3n) is 3.66. The molecule has 1 aromatic heterocycles. The summed E-state index contributed by atoms with van der Waals surface area (Å²) < 4.78 is 2.12. The molecule has 0 saturated heterocycles. The first kappa shape index (κ1) is 13.0. The van der Waals surface area contributed by atoms with Crippen LogP contribution >= 0.6 is 23.2 Å². The lowest BCUT2D eigenvalue weighted by Gasteiger charge is -2.08. The van der Waals surface area contributed by atoms with Crippen LogP contribution in [0.3, 0.4) is 0 Å². The van der Waals surface area contributed by atoms with E-state index >= 15 is 0 Å². The summed E-state index contributed by atoms with van der Waals surface area (Å²) in [5.41, 5.74) is 8.48. The Morgan fingerprint density at radius 1 is 1.26 bits per heavy atom. The molecular formula is C15H16Cl2N2. The van der Waals surface area contributed by atoms with Crippen LogP contribution in [-0.4, -0.2) is 4.57 Å². The van der Waals surface area contributed by atoms with Gasteiger partial charge in [-0.3, -0.25) is 0 Å². The van der Waals surface area contributed by atoms with Gasteiger partial charge in [0.2, 0.25) is 0 Å². The average molecular weight is 295 g/mol. The van der Waals surface area contributed by atoms with Crippen molar-refractivity contribution in [1.82, 2.24) is 4.57 Å². The van der Waals surface area contributed by atoms with Gasteiger partial charge in [-0.15, -0.1) is 0 Å². The van der Waals surface area contributed by atoms with Crippen molar-refractivity contribution in [3.8, 4) is 0 Å². The van der Waals surface area contributed by atoms with E-state index in [4.69, 9.17) is 28.9 Å². The standard InChI is InChI=1S/C15H16Cl2N2/c16-13-4-3-11(14(17)7-13)8-19-6-5-12(9-19)15(18)10-1-2-10/h3-7,9-10,15H,1-2,8,18H2. The molecule has 1 aliphatic rings.